The highest BCUT2D eigenvalue weighted by molar-refractivity contribution is 7.98. The molecule has 0 aliphatic carbocycles. The molecule has 0 bridgehead atoms. The molecule has 0 saturated carbocycles. The van der Waals surface area contributed by atoms with Crippen LogP contribution in [-0.4, -0.2) is 24.2 Å². The average molecular weight is 294 g/mol. The number of rotatable bonds is 6. The van der Waals surface area contributed by atoms with Gasteiger partial charge < -0.3 is 10.6 Å². The lowest BCUT2D eigenvalue weighted by Gasteiger charge is -2.21. The van der Waals surface area contributed by atoms with Gasteiger partial charge in [-0.1, -0.05) is 12.1 Å². The van der Waals surface area contributed by atoms with Crippen molar-refractivity contribution in [2.24, 2.45) is 0 Å². The third kappa shape index (κ3) is 6.44. The highest BCUT2D eigenvalue weighted by Crippen LogP contribution is 2.18. The first-order valence-corrected chi connectivity index (χ1v) is 8.22. The molecule has 3 nitrogen and oxygen atoms in total. The number of hydrogen-bond acceptors (Lipinski definition) is 3. The van der Waals surface area contributed by atoms with E-state index in [1.165, 1.54) is 4.90 Å². The van der Waals surface area contributed by atoms with E-state index >= 15 is 0 Å². The van der Waals surface area contributed by atoms with E-state index in [4.69, 9.17) is 0 Å². The summed E-state index contributed by atoms with van der Waals surface area (Å²) in [5.41, 5.74) is 1.19. The zero-order valence-electron chi connectivity index (χ0n) is 13.1. The van der Waals surface area contributed by atoms with Crippen molar-refractivity contribution >= 4 is 17.7 Å². The van der Waals surface area contributed by atoms with E-state index < -0.39 is 0 Å². The first-order valence-electron chi connectivity index (χ1n) is 7.00. The van der Waals surface area contributed by atoms with Crippen molar-refractivity contribution in [1.82, 2.24) is 10.6 Å². The largest absolute Gasteiger partial charge is 0.350 e. The van der Waals surface area contributed by atoms with Gasteiger partial charge in [-0.05, 0) is 51.6 Å². The maximum absolute atomic E-state index is 11.9. The molecule has 0 heterocycles. The summed E-state index contributed by atoms with van der Waals surface area (Å²) in [7, 11) is 0. The molecular weight excluding hydrogens is 268 g/mol. The second-order valence-electron chi connectivity index (χ2n) is 5.99. The highest BCUT2D eigenvalue weighted by atomic mass is 32.2. The molecule has 0 fully saturated rings. The fourth-order valence-corrected chi connectivity index (χ4v) is 2.25. The van der Waals surface area contributed by atoms with Gasteiger partial charge in [0.05, 0.1) is 6.04 Å². The molecule has 1 aromatic rings. The fourth-order valence-electron chi connectivity index (χ4n) is 1.84. The van der Waals surface area contributed by atoms with Gasteiger partial charge in [0.1, 0.15) is 0 Å². The summed E-state index contributed by atoms with van der Waals surface area (Å²) in [6.07, 6.45) is 2.56. The maximum Gasteiger partial charge on any atom is 0.221 e. The van der Waals surface area contributed by atoms with Gasteiger partial charge in [-0.15, -0.1) is 11.8 Å². The number of amides is 1. The Bertz CT molecular complexity index is 423. The molecule has 0 saturated heterocycles. The SMILES string of the molecule is CSc1ccc(C(C)NC(=O)CCNC(C)(C)C)cc1. The van der Waals surface area contributed by atoms with Crippen molar-refractivity contribution in [2.75, 3.05) is 12.8 Å². The quantitative estimate of drug-likeness (QED) is 0.790. The maximum atomic E-state index is 11.9. The Kier molecular flexibility index (Phi) is 6.56. The molecule has 1 amide bonds. The lowest BCUT2D eigenvalue weighted by atomic mass is 10.1. The lowest BCUT2D eigenvalue weighted by Crippen LogP contribution is -2.38. The molecule has 1 unspecified atom stereocenters. The van der Waals surface area contributed by atoms with Crippen molar-refractivity contribution in [1.29, 1.82) is 0 Å². The van der Waals surface area contributed by atoms with Gasteiger partial charge in [0.15, 0.2) is 0 Å². The zero-order valence-corrected chi connectivity index (χ0v) is 13.9. The Labute approximate surface area is 126 Å². The first-order chi connectivity index (χ1) is 9.31. The average Bonchev–Trinajstić information content (AvgIpc) is 2.37. The van der Waals surface area contributed by atoms with Crippen molar-refractivity contribution in [3.05, 3.63) is 29.8 Å². The molecule has 0 aliphatic heterocycles. The molecule has 2 N–H and O–H groups in total. The Hall–Kier alpha value is -1.00. The van der Waals surface area contributed by atoms with Crippen molar-refractivity contribution in [3.8, 4) is 0 Å². The molecule has 1 atom stereocenters. The lowest BCUT2D eigenvalue weighted by molar-refractivity contribution is -0.121. The van der Waals surface area contributed by atoms with E-state index in [9.17, 15) is 4.79 Å². The molecular formula is C16H26N2OS. The predicted octanol–water partition coefficient (Wildman–Crippen LogP) is 3.36. The number of thioether (sulfide) groups is 1. The Morgan fingerprint density at radius 3 is 2.35 bits per heavy atom. The van der Waals surface area contributed by atoms with E-state index in [0.29, 0.717) is 13.0 Å². The van der Waals surface area contributed by atoms with Crippen molar-refractivity contribution in [3.63, 3.8) is 0 Å². The number of carbonyl (C=O) groups excluding carboxylic acids is 1. The topological polar surface area (TPSA) is 41.1 Å². The van der Waals surface area contributed by atoms with Gasteiger partial charge in [-0.25, -0.2) is 0 Å². The second-order valence-corrected chi connectivity index (χ2v) is 6.87. The summed E-state index contributed by atoms with van der Waals surface area (Å²) in [6, 6.07) is 8.37. The Balaban J connectivity index is 2.40. The summed E-state index contributed by atoms with van der Waals surface area (Å²) < 4.78 is 0. The minimum Gasteiger partial charge on any atom is -0.350 e. The minimum absolute atomic E-state index is 0.0491. The standard InChI is InChI=1S/C16H26N2OS/c1-12(13-6-8-14(20-5)9-7-13)18-15(19)10-11-17-16(2,3)4/h6-9,12,17H,10-11H2,1-5H3,(H,18,19). The molecule has 0 aromatic heterocycles. The van der Waals surface area contributed by atoms with Crippen LogP contribution in [0.5, 0.6) is 0 Å². The van der Waals surface area contributed by atoms with E-state index in [-0.39, 0.29) is 17.5 Å². The summed E-state index contributed by atoms with van der Waals surface area (Å²) in [5.74, 6) is 0.0863. The molecule has 1 rings (SSSR count). The molecule has 1 aromatic carbocycles. The van der Waals surface area contributed by atoms with Crippen molar-refractivity contribution < 1.29 is 4.79 Å². The van der Waals surface area contributed by atoms with Gasteiger partial charge in [0, 0.05) is 23.4 Å². The van der Waals surface area contributed by atoms with Crippen LogP contribution in [0.25, 0.3) is 0 Å². The van der Waals surface area contributed by atoms with Gasteiger partial charge in [0.2, 0.25) is 5.91 Å². The first kappa shape index (κ1) is 17.1. The van der Waals surface area contributed by atoms with Gasteiger partial charge in [-0.2, -0.15) is 0 Å². The number of nitrogens with one attached hydrogen (secondary N) is 2. The molecule has 0 spiro atoms. The van der Waals surface area contributed by atoms with Crippen LogP contribution in [0.1, 0.15) is 45.7 Å². The van der Waals surface area contributed by atoms with Crippen LogP contribution in [0.4, 0.5) is 0 Å². The summed E-state index contributed by atoms with van der Waals surface area (Å²) in [6.45, 7) is 9.01. The molecule has 0 radical (unpaired) electrons. The third-order valence-corrected chi connectivity index (χ3v) is 3.74. The fraction of sp³-hybridized carbons (Fsp3) is 0.562. The molecule has 20 heavy (non-hydrogen) atoms. The number of carbonyl (C=O) groups is 1. The second kappa shape index (κ2) is 7.70. The van der Waals surface area contributed by atoms with E-state index in [2.05, 4.69) is 61.9 Å². The number of hydrogen-bond donors (Lipinski definition) is 2. The van der Waals surface area contributed by atoms with Gasteiger partial charge in [0.25, 0.3) is 0 Å². The van der Waals surface area contributed by atoms with E-state index in [1.807, 2.05) is 6.92 Å². The third-order valence-electron chi connectivity index (χ3n) is 3.00. The molecule has 4 heteroatoms. The molecule has 112 valence electrons. The van der Waals surface area contributed by atoms with Gasteiger partial charge >= 0.3 is 0 Å². The Morgan fingerprint density at radius 2 is 1.85 bits per heavy atom. The minimum atomic E-state index is 0.0491. The summed E-state index contributed by atoms with van der Waals surface area (Å²) >= 11 is 1.72. The monoisotopic (exact) mass is 294 g/mol. The van der Waals surface area contributed by atoms with Crippen LogP contribution in [0.2, 0.25) is 0 Å². The van der Waals surface area contributed by atoms with Crippen molar-refractivity contribution in [2.45, 2.75) is 50.6 Å². The van der Waals surface area contributed by atoms with Crippen LogP contribution >= 0.6 is 11.8 Å². The molecule has 0 aliphatic rings. The smallest absolute Gasteiger partial charge is 0.221 e. The van der Waals surface area contributed by atoms with Crippen LogP contribution in [0.3, 0.4) is 0 Å². The van der Waals surface area contributed by atoms with Crippen LogP contribution in [-0.2, 0) is 4.79 Å². The zero-order chi connectivity index (χ0) is 15.2. The predicted molar refractivity (Wildman–Crippen MR) is 87.2 cm³/mol. The number of benzene rings is 1. The van der Waals surface area contributed by atoms with Crippen LogP contribution in [0.15, 0.2) is 29.2 Å². The Morgan fingerprint density at radius 1 is 1.25 bits per heavy atom. The van der Waals surface area contributed by atoms with Crippen LogP contribution < -0.4 is 10.6 Å². The van der Waals surface area contributed by atoms with E-state index in [1.54, 1.807) is 11.8 Å². The summed E-state index contributed by atoms with van der Waals surface area (Å²) in [4.78, 5) is 13.1. The normalized spacial score (nSPS) is 13.1. The summed E-state index contributed by atoms with van der Waals surface area (Å²) in [5, 5.41) is 6.35. The highest BCUT2D eigenvalue weighted by Gasteiger charge is 2.12. The van der Waals surface area contributed by atoms with Gasteiger partial charge in [-0.3, -0.25) is 4.79 Å². The van der Waals surface area contributed by atoms with Crippen LogP contribution in [0, 0.1) is 0 Å². The van der Waals surface area contributed by atoms with E-state index in [0.717, 1.165) is 5.56 Å².